The van der Waals surface area contributed by atoms with Gasteiger partial charge in [-0.25, -0.2) is 0 Å². The van der Waals surface area contributed by atoms with Gasteiger partial charge >= 0.3 is 152 Å². The van der Waals surface area contributed by atoms with Crippen LogP contribution in [0.15, 0.2) is 64.0 Å². The van der Waals surface area contributed by atoms with Gasteiger partial charge in [0.2, 0.25) is 0 Å². The average Bonchev–Trinajstić information content (AvgIpc) is 3.22. The summed E-state index contributed by atoms with van der Waals surface area (Å²) in [6.45, 7) is 4.71. The van der Waals surface area contributed by atoms with Crippen LogP contribution in [0.1, 0.15) is 35.0 Å². The molecule has 0 N–H and O–H groups in total. The molecule has 0 saturated heterocycles. The van der Waals surface area contributed by atoms with Gasteiger partial charge < -0.3 is 24.8 Å². The second kappa shape index (κ2) is 8.83. The summed E-state index contributed by atoms with van der Waals surface area (Å²) < 4.78 is 9.67. The molecule has 26 heavy (non-hydrogen) atoms. The molecule has 0 heterocycles. The number of hydrogen-bond donors (Lipinski definition) is 0. The van der Waals surface area contributed by atoms with Gasteiger partial charge in [0.05, 0.1) is 0 Å². The zero-order valence-electron chi connectivity index (χ0n) is 15.2. The van der Waals surface area contributed by atoms with Crippen molar-refractivity contribution < 1.29 is 50.8 Å². The van der Waals surface area contributed by atoms with Crippen LogP contribution in [0, 0.1) is 0 Å². The molecule has 0 fully saturated rings. The van der Waals surface area contributed by atoms with Crippen LogP contribution in [0.3, 0.4) is 0 Å². The fourth-order valence-corrected chi connectivity index (χ4v) is 12.3. The number of methoxy groups -OCH3 is 1. The molecule has 0 aromatic heterocycles. The molecule has 0 aliphatic heterocycles. The van der Waals surface area contributed by atoms with Crippen LogP contribution >= 0.6 is 0 Å². The normalized spacial score (nSPS) is 15.6. The van der Waals surface area contributed by atoms with Crippen LogP contribution in [0.5, 0.6) is 5.75 Å². The van der Waals surface area contributed by atoms with Crippen LogP contribution in [0.4, 0.5) is 0 Å². The quantitative estimate of drug-likeness (QED) is 0.593. The monoisotopic (exact) mass is 462 g/mol. The Labute approximate surface area is 176 Å². The van der Waals surface area contributed by atoms with Gasteiger partial charge in [0.1, 0.15) is 0 Å². The van der Waals surface area contributed by atoms with Crippen molar-refractivity contribution in [3.63, 3.8) is 0 Å². The first kappa shape index (κ1) is 21.4. The Morgan fingerprint density at radius 3 is 2.38 bits per heavy atom. The predicted molar refractivity (Wildman–Crippen MR) is 98.5 cm³/mol. The molecule has 0 bridgehead atoms. The van der Waals surface area contributed by atoms with Crippen molar-refractivity contribution in [1.29, 1.82) is 0 Å². The minimum atomic E-state index is -1.96. The SMILES string of the molecule is COc1cccc2c1-c1ccccc1[CH]2[Zr+2]([C]1=CC=CC1)=[C](C)C.[Cl-].[Cl-]. The molecule has 4 heteroatoms. The average molecular weight is 465 g/mol. The van der Waals surface area contributed by atoms with E-state index in [4.69, 9.17) is 4.74 Å². The van der Waals surface area contributed by atoms with Crippen LogP contribution in [-0.4, -0.2) is 10.3 Å². The number of allylic oxidation sites excluding steroid dienone is 4. The number of halogens is 2. The zero-order valence-corrected chi connectivity index (χ0v) is 19.2. The van der Waals surface area contributed by atoms with Crippen LogP contribution in [-0.2, 0) is 21.3 Å². The van der Waals surface area contributed by atoms with E-state index in [0.717, 1.165) is 12.2 Å². The summed E-state index contributed by atoms with van der Waals surface area (Å²) in [5.41, 5.74) is 5.70. The van der Waals surface area contributed by atoms with E-state index in [1.165, 1.54) is 22.3 Å². The number of ether oxygens (including phenoxy) is 1. The molecule has 4 rings (SSSR count). The third-order valence-corrected chi connectivity index (χ3v) is 13.3. The molecule has 0 amide bonds. The van der Waals surface area contributed by atoms with Gasteiger partial charge in [0, 0.05) is 0 Å². The summed E-state index contributed by atoms with van der Waals surface area (Å²) in [5.74, 6) is 1.01. The largest absolute Gasteiger partial charge is 1.00 e. The van der Waals surface area contributed by atoms with Gasteiger partial charge in [-0.15, -0.1) is 0 Å². The fraction of sp³-hybridized carbons (Fsp3) is 0.227. The second-order valence-corrected chi connectivity index (χ2v) is 14.2. The molecule has 0 spiro atoms. The van der Waals surface area contributed by atoms with E-state index < -0.39 is 21.3 Å². The smallest absolute Gasteiger partial charge is 1.00 e. The minimum Gasteiger partial charge on any atom is -1.00 e. The van der Waals surface area contributed by atoms with E-state index in [1.807, 2.05) is 0 Å². The molecule has 1 unspecified atom stereocenters. The molecular weight excluding hydrogens is 442 g/mol. The third-order valence-electron chi connectivity index (χ3n) is 5.08. The molecule has 0 radical (unpaired) electrons. The number of hydrogen-bond acceptors (Lipinski definition) is 1. The van der Waals surface area contributed by atoms with Crippen molar-refractivity contribution >= 4 is 3.21 Å². The number of benzene rings is 2. The molecule has 2 aromatic carbocycles. The van der Waals surface area contributed by atoms with Gasteiger partial charge in [0.25, 0.3) is 0 Å². The van der Waals surface area contributed by atoms with Gasteiger partial charge in [-0.2, -0.15) is 0 Å². The van der Waals surface area contributed by atoms with Gasteiger partial charge in [0.15, 0.2) is 0 Å². The molecule has 0 saturated carbocycles. The van der Waals surface area contributed by atoms with Gasteiger partial charge in [-0.1, -0.05) is 0 Å². The molecule has 1 nitrogen and oxygen atoms in total. The topological polar surface area (TPSA) is 9.23 Å². The van der Waals surface area contributed by atoms with E-state index in [1.54, 1.807) is 13.6 Å². The molecule has 2 aliphatic rings. The van der Waals surface area contributed by atoms with Crippen molar-refractivity contribution in [2.75, 3.05) is 7.11 Å². The van der Waals surface area contributed by atoms with E-state index in [0.29, 0.717) is 3.63 Å². The first-order valence-corrected chi connectivity index (χ1v) is 12.4. The molecule has 2 aliphatic carbocycles. The van der Waals surface area contributed by atoms with E-state index >= 15 is 0 Å². The van der Waals surface area contributed by atoms with E-state index in [2.05, 4.69) is 74.5 Å². The minimum absolute atomic E-state index is 0. The predicted octanol–water partition coefficient (Wildman–Crippen LogP) is -0.553. The van der Waals surface area contributed by atoms with Crippen LogP contribution < -0.4 is 29.6 Å². The van der Waals surface area contributed by atoms with Crippen LogP contribution in [0.2, 0.25) is 0 Å². The maximum Gasteiger partial charge on any atom is -1.00 e. The van der Waals surface area contributed by atoms with Gasteiger partial charge in [-0.3, -0.25) is 0 Å². The summed E-state index contributed by atoms with van der Waals surface area (Å²) in [6, 6.07) is 15.5. The summed E-state index contributed by atoms with van der Waals surface area (Å²) in [6.07, 6.45) is 8.10. The Bertz CT molecular complexity index is 908. The third kappa shape index (κ3) is 3.44. The second-order valence-electron chi connectivity index (χ2n) is 6.68. The number of rotatable bonds is 3. The summed E-state index contributed by atoms with van der Waals surface area (Å²) in [5, 5.41) is 0. The Morgan fingerprint density at radius 2 is 1.73 bits per heavy atom. The summed E-state index contributed by atoms with van der Waals surface area (Å²) in [4.78, 5) is 0. The number of fused-ring (bicyclic) bond motifs is 3. The zero-order chi connectivity index (χ0) is 16.7. The van der Waals surface area contributed by atoms with Crippen LogP contribution in [0.25, 0.3) is 11.1 Å². The maximum atomic E-state index is 5.72. The van der Waals surface area contributed by atoms with Crippen molar-refractivity contribution in [2.45, 2.75) is 23.9 Å². The van der Waals surface area contributed by atoms with Gasteiger partial charge in [-0.05, 0) is 0 Å². The first-order chi connectivity index (χ1) is 11.7. The van der Waals surface area contributed by atoms with Crippen molar-refractivity contribution in [2.24, 2.45) is 0 Å². The molecular formula is C22H22Cl2OZr. The first-order valence-electron chi connectivity index (χ1n) is 8.52. The molecule has 2 aromatic rings. The summed E-state index contributed by atoms with van der Waals surface area (Å²) in [7, 11) is 1.78. The Balaban J connectivity index is 0.00000121. The molecule has 1 atom stereocenters. The molecule has 134 valence electrons. The Morgan fingerprint density at radius 1 is 1.00 bits per heavy atom. The standard InChI is InChI=1S/C14H11O.C5H5.C3H6.2ClH.Zr/c1-15-13-8-4-6-11-9-10-5-2-3-7-12(10)14(11)13;1-2-4-5-3-1;1-3-2;;;/h2-9H,1H3;1-3H,4H2;1-2H3;2*1H;/q;;;;;+2/p-2. The van der Waals surface area contributed by atoms with E-state index in [9.17, 15) is 0 Å². The van der Waals surface area contributed by atoms with Crippen molar-refractivity contribution in [3.8, 4) is 16.9 Å². The Kier molecular flexibility index (Phi) is 7.25. The summed E-state index contributed by atoms with van der Waals surface area (Å²) >= 11 is -1.96. The van der Waals surface area contributed by atoms with Crippen molar-refractivity contribution in [1.82, 2.24) is 0 Å². The maximum absolute atomic E-state index is 5.72. The fourth-order valence-electron chi connectivity index (χ4n) is 4.14. The Hall–Kier alpha value is -0.947. The van der Waals surface area contributed by atoms with Crippen molar-refractivity contribution in [3.05, 3.63) is 75.1 Å². The van der Waals surface area contributed by atoms with E-state index in [-0.39, 0.29) is 24.8 Å².